The minimum absolute atomic E-state index is 0.233. The molecule has 0 bridgehead atoms. The first-order valence-electron chi connectivity index (χ1n) is 7.28. The number of halogens is 1. The van der Waals surface area contributed by atoms with Crippen LogP contribution in [0.15, 0.2) is 30.3 Å². The number of hydrogen-bond donors (Lipinski definition) is 0. The Bertz CT molecular complexity index is 443. The largest absolute Gasteiger partial charge is 0.118 e. The SMILES string of the molecule is ClC1C=C(c2ccccc2C2CCC2)CCCC1. The molecule has 1 atom stereocenters. The number of allylic oxidation sites excluding steroid dienone is 2. The molecule has 0 N–H and O–H groups in total. The van der Waals surface area contributed by atoms with Gasteiger partial charge in [0.25, 0.3) is 0 Å². The summed E-state index contributed by atoms with van der Waals surface area (Å²) in [4.78, 5) is 0. The van der Waals surface area contributed by atoms with E-state index in [0.29, 0.717) is 0 Å². The third-order valence-corrected chi connectivity index (χ3v) is 4.75. The molecule has 0 radical (unpaired) electrons. The van der Waals surface area contributed by atoms with Gasteiger partial charge in [-0.05, 0) is 54.7 Å². The quantitative estimate of drug-likeness (QED) is 0.614. The Morgan fingerprint density at radius 1 is 0.944 bits per heavy atom. The van der Waals surface area contributed by atoms with Gasteiger partial charge in [-0.15, -0.1) is 11.6 Å². The van der Waals surface area contributed by atoms with Gasteiger partial charge >= 0.3 is 0 Å². The fraction of sp³-hybridized carbons (Fsp3) is 0.529. The molecule has 0 aliphatic heterocycles. The second-order valence-corrected chi connectivity index (χ2v) is 6.23. The Morgan fingerprint density at radius 2 is 1.78 bits per heavy atom. The first-order valence-corrected chi connectivity index (χ1v) is 7.72. The molecule has 1 saturated carbocycles. The van der Waals surface area contributed by atoms with Crippen molar-refractivity contribution in [1.29, 1.82) is 0 Å². The number of alkyl halides is 1. The Labute approximate surface area is 115 Å². The molecule has 18 heavy (non-hydrogen) atoms. The van der Waals surface area contributed by atoms with Crippen molar-refractivity contribution in [2.45, 2.75) is 56.2 Å². The Balaban J connectivity index is 1.94. The Hall–Kier alpha value is -0.750. The maximum atomic E-state index is 6.37. The van der Waals surface area contributed by atoms with E-state index >= 15 is 0 Å². The zero-order valence-corrected chi connectivity index (χ0v) is 11.6. The average molecular weight is 261 g/mol. The van der Waals surface area contributed by atoms with Crippen LogP contribution in [0.3, 0.4) is 0 Å². The summed E-state index contributed by atoms with van der Waals surface area (Å²) in [7, 11) is 0. The third kappa shape index (κ3) is 2.49. The first-order chi connectivity index (χ1) is 8.84. The summed E-state index contributed by atoms with van der Waals surface area (Å²) in [5.74, 6) is 0.805. The van der Waals surface area contributed by atoms with Gasteiger partial charge in [-0.2, -0.15) is 0 Å². The molecular formula is C17H21Cl. The van der Waals surface area contributed by atoms with E-state index in [-0.39, 0.29) is 5.38 Å². The average Bonchev–Trinajstić information content (AvgIpc) is 2.52. The summed E-state index contributed by atoms with van der Waals surface area (Å²) in [5.41, 5.74) is 4.55. The smallest absolute Gasteiger partial charge is 0.0521 e. The van der Waals surface area contributed by atoms with Crippen LogP contribution in [-0.4, -0.2) is 5.38 Å². The van der Waals surface area contributed by atoms with E-state index in [2.05, 4.69) is 30.3 Å². The number of benzene rings is 1. The predicted octanol–water partition coefficient (Wildman–Crippen LogP) is 5.52. The fourth-order valence-electron chi connectivity index (χ4n) is 3.13. The monoisotopic (exact) mass is 260 g/mol. The van der Waals surface area contributed by atoms with Crippen LogP contribution in [0.25, 0.3) is 5.57 Å². The van der Waals surface area contributed by atoms with E-state index in [1.54, 1.807) is 5.56 Å². The van der Waals surface area contributed by atoms with E-state index in [9.17, 15) is 0 Å². The molecule has 0 heterocycles. The van der Waals surface area contributed by atoms with E-state index in [1.165, 1.54) is 49.7 Å². The van der Waals surface area contributed by atoms with Crippen molar-refractivity contribution >= 4 is 17.2 Å². The van der Waals surface area contributed by atoms with Crippen molar-refractivity contribution in [3.8, 4) is 0 Å². The lowest BCUT2D eigenvalue weighted by Gasteiger charge is -2.28. The molecule has 0 saturated heterocycles. The Morgan fingerprint density at radius 3 is 2.56 bits per heavy atom. The van der Waals surface area contributed by atoms with Gasteiger partial charge < -0.3 is 0 Å². The standard InChI is InChI=1S/C17H21Cl/c18-15-9-2-1-6-14(12-15)17-11-4-3-10-16(17)13-7-5-8-13/h3-4,10-13,15H,1-2,5-9H2. The topological polar surface area (TPSA) is 0 Å². The fourth-order valence-corrected chi connectivity index (χ4v) is 3.44. The molecular weight excluding hydrogens is 240 g/mol. The van der Waals surface area contributed by atoms with Gasteiger partial charge in [-0.25, -0.2) is 0 Å². The molecule has 0 aromatic heterocycles. The molecule has 1 aromatic rings. The van der Waals surface area contributed by atoms with E-state index in [1.807, 2.05) is 0 Å². The van der Waals surface area contributed by atoms with E-state index < -0.39 is 0 Å². The van der Waals surface area contributed by atoms with Gasteiger partial charge in [0.05, 0.1) is 5.38 Å². The van der Waals surface area contributed by atoms with Crippen LogP contribution in [0, 0.1) is 0 Å². The van der Waals surface area contributed by atoms with Crippen molar-refractivity contribution in [1.82, 2.24) is 0 Å². The Kier molecular flexibility index (Phi) is 3.75. The molecule has 0 spiro atoms. The molecule has 1 fully saturated rings. The van der Waals surface area contributed by atoms with Crippen molar-refractivity contribution in [3.63, 3.8) is 0 Å². The van der Waals surface area contributed by atoms with E-state index in [0.717, 1.165) is 12.3 Å². The van der Waals surface area contributed by atoms with Crippen LogP contribution >= 0.6 is 11.6 Å². The van der Waals surface area contributed by atoms with Crippen LogP contribution in [0.4, 0.5) is 0 Å². The lowest BCUT2D eigenvalue weighted by atomic mass is 9.77. The van der Waals surface area contributed by atoms with Crippen molar-refractivity contribution in [2.75, 3.05) is 0 Å². The summed E-state index contributed by atoms with van der Waals surface area (Å²) in [6.45, 7) is 0. The molecule has 3 rings (SSSR count). The molecule has 1 unspecified atom stereocenters. The summed E-state index contributed by atoms with van der Waals surface area (Å²) < 4.78 is 0. The second kappa shape index (κ2) is 5.48. The lowest BCUT2D eigenvalue weighted by Crippen LogP contribution is -2.11. The molecule has 2 aliphatic rings. The zero-order valence-electron chi connectivity index (χ0n) is 10.9. The highest BCUT2D eigenvalue weighted by atomic mass is 35.5. The van der Waals surface area contributed by atoms with Crippen molar-refractivity contribution in [3.05, 3.63) is 41.5 Å². The molecule has 0 amide bonds. The van der Waals surface area contributed by atoms with E-state index in [4.69, 9.17) is 11.6 Å². The summed E-state index contributed by atoms with van der Waals surface area (Å²) in [5, 5.41) is 0.233. The number of hydrogen-bond acceptors (Lipinski definition) is 0. The van der Waals surface area contributed by atoms with Crippen molar-refractivity contribution in [2.24, 2.45) is 0 Å². The molecule has 1 heteroatoms. The minimum Gasteiger partial charge on any atom is -0.118 e. The van der Waals surface area contributed by atoms with Crippen molar-refractivity contribution < 1.29 is 0 Å². The van der Waals surface area contributed by atoms with Crippen LogP contribution in [0.5, 0.6) is 0 Å². The van der Waals surface area contributed by atoms with Gasteiger partial charge in [-0.3, -0.25) is 0 Å². The second-order valence-electron chi connectivity index (χ2n) is 5.67. The molecule has 2 aliphatic carbocycles. The summed E-state index contributed by atoms with van der Waals surface area (Å²) in [6, 6.07) is 8.99. The van der Waals surface area contributed by atoms with Gasteiger partial charge in [0, 0.05) is 0 Å². The maximum absolute atomic E-state index is 6.37. The van der Waals surface area contributed by atoms with Crippen LogP contribution in [0.2, 0.25) is 0 Å². The highest BCUT2D eigenvalue weighted by Gasteiger charge is 2.23. The summed E-state index contributed by atoms with van der Waals surface area (Å²) >= 11 is 6.37. The minimum atomic E-state index is 0.233. The van der Waals surface area contributed by atoms with Crippen LogP contribution < -0.4 is 0 Å². The summed E-state index contributed by atoms with van der Waals surface area (Å²) in [6.07, 6.45) is 11.3. The number of rotatable bonds is 2. The molecule has 96 valence electrons. The molecule has 0 nitrogen and oxygen atoms in total. The van der Waals surface area contributed by atoms with Crippen LogP contribution in [0.1, 0.15) is 62.0 Å². The third-order valence-electron chi connectivity index (χ3n) is 4.41. The van der Waals surface area contributed by atoms with Gasteiger partial charge in [0.1, 0.15) is 0 Å². The van der Waals surface area contributed by atoms with Gasteiger partial charge in [0.2, 0.25) is 0 Å². The lowest BCUT2D eigenvalue weighted by molar-refractivity contribution is 0.419. The van der Waals surface area contributed by atoms with Gasteiger partial charge in [-0.1, -0.05) is 43.2 Å². The maximum Gasteiger partial charge on any atom is 0.0521 e. The first kappa shape index (κ1) is 12.3. The highest BCUT2D eigenvalue weighted by Crippen LogP contribution is 2.41. The molecule has 1 aromatic carbocycles. The van der Waals surface area contributed by atoms with Crippen LogP contribution in [-0.2, 0) is 0 Å². The van der Waals surface area contributed by atoms with Gasteiger partial charge in [0.15, 0.2) is 0 Å². The normalized spacial score (nSPS) is 25.2. The predicted molar refractivity (Wildman–Crippen MR) is 79.1 cm³/mol. The zero-order chi connectivity index (χ0) is 12.4. The highest BCUT2D eigenvalue weighted by molar-refractivity contribution is 6.22.